The Morgan fingerprint density at radius 2 is 1.78 bits per heavy atom. The van der Waals surface area contributed by atoms with Gasteiger partial charge >= 0.3 is 0 Å². The SMILES string of the molecule is CCCCNC(=O)[C@@H](C)N(Cc1ccc(OC)cc1)C(=O)CCCN(c1cc(Cl)ccc1C)S(C)(=O)=O. The first-order valence-electron chi connectivity index (χ1n) is 12.4. The van der Waals surface area contributed by atoms with Crippen LogP contribution in [-0.2, 0) is 26.2 Å². The minimum atomic E-state index is -3.60. The summed E-state index contributed by atoms with van der Waals surface area (Å²) in [6.07, 6.45) is 3.30. The second-order valence-electron chi connectivity index (χ2n) is 9.06. The summed E-state index contributed by atoms with van der Waals surface area (Å²) in [6, 6.07) is 11.7. The van der Waals surface area contributed by atoms with E-state index in [1.165, 1.54) is 4.31 Å². The number of carbonyl (C=O) groups excluding carboxylic acids is 2. The Balaban J connectivity index is 2.18. The molecule has 0 heterocycles. The lowest BCUT2D eigenvalue weighted by atomic mass is 10.1. The highest BCUT2D eigenvalue weighted by Gasteiger charge is 2.27. The predicted octanol–water partition coefficient (Wildman–Crippen LogP) is 4.54. The molecule has 0 fully saturated rings. The van der Waals surface area contributed by atoms with Crippen molar-refractivity contribution in [2.75, 3.05) is 30.8 Å². The summed E-state index contributed by atoms with van der Waals surface area (Å²) in [5.41, 5.74) is 2.11. The van der Waals surface area contributed by atoms with E-state index < -0.39 is 16.1 Å². The van der Waals surface area contributed by atoms with Gasteiger partial charge in [0.25, 0.3) is 0 Å². The molecule has 2 aromatic rings. The largest absolute Gasteiger partial charge is 0.497 e. The van der Waals surface area contributed by atoms with Gasteiger partial charge in [0.15, 0.2) is 0 Å². The summed E-state index contributed by atoms with van der Waals surface area (Å²) in [7, 11) is -2.02. The number of unbranched alkanes of at least 4 members (excludes halogenated alkanes) is 1. The number of rotatable bonds is 14. The standard InChI is InChI=1S/C27H38ClN3O5S/c1-6-7-16-29-27(33)21(3)30(19-22-11-14-24(36-4)15-12-22)26(32)9-8-17-31(37(5,34)35)25-18-23(28)13-10-20(25)2/h10-15,18,21H,6-9,16-17,19H2,1-5H3,(H,29,33)/t21-/m1/s1. The molecule has 10 heteroatoms. The van der Waals surface area contributed by atoms with Crippen molar-refractivity contribution in [1.82, 2.24) is 10.2 Å². The van der Waals surface area contributed by atoms with E-state index in [4.69, 9.17) is 16.3 Å². The summed E-state index contributed by atoms with van der Waals surface area (Å²) in [5, 5.41) is 3.33. The van der Waals surface area contributed by atoms with Crippen LogP contribution in [0, 0.1) is 6.92 Å². The Bertz CT molecular complexity index is 1160. The van der Waals surface area contributed by atoms with Crippen LogP contribution in [0.25, 0.3) is 0 Å². The first-order chi connectivity index (χ1) is 17.5. The number of carbonyl (C=O) groups is 2. The maximum absolute atomic E-state index is 13.4. The van der Waals surface area contributed by atoms with Gasteiger partial charge in [0.1, 0.15) is 11.8 Å². The van der Waals surface area contributed by atoms with E-state index in [0.717, 1.165) is 30.2 Å². The van der Waals surface area contributed by atoms with Crippen molar-refractivity contribution in [3.63, 3.8) is 0 Å². The van der Waals surface area contributed by atoms with Gasteiger partial charge < -0.3 is 15.0 Å². The number of hydrogen-bond acceptors (Lipinski definition) is 5. The van der Waals surface area contributed by atoms with Crippen molar-refractivity contribution in [2.24, 2.45) is 0 Å². The number of nitrogens with one attached hydrogen (secondary N) is 1. The summed E-state index contributed by atoms with van der Waals surface area (Å²) < 4.78 is 31.6. The number of sulfonamides is 1. The second kappa shape index (κ2) is 14.2. The van der Waals surface area contributed by atoms with Gasteiger partial charge in [0.05, 0.1) is 19.1 Å². The quantitative estimate of drug-likeness (QED) is 0.348. The maximum atomic E-state index is 13.4. The van der Waals surface area contributed by atoms with Crippen LogP contribution in [0.2, 0.25) is 5.02 Å². The first kappa shape index (κ1) is 30.4. The van der Waals surface area contributed by atoms with Crippen LogP contribution in [0.3, 0.4) is 0 Å². The molecule has 2 aromatic carbocycles. The highest BCUT2D eigenvalue weighted by atomic mass is 35.5. The highest BCUT2D eigenvalue weighted by Crippen LogP contribution is 2.27. The average molecular weight is 552 g/mol. The molecule has 2 rings (SSSR count). The molecular formula is C27H38ClN3O5S. The van der Waals surface area contributed by atoms with Gasteiger partial charge in [-0.1, -0.05) is 43.1 Å². The molecule has 0 aliphatic rings. The minimum absolute atomic E-state index is 0.0777. The molecule has 204 valence electrons. The number of hydrogen-bond donors (Lipinski definition) is 1. The van der Waals surface area contributed by atoms with Crippen LogP contribution in [0.5, 0.6) is 5.75 Å². The lowest BCUT2D eigenvalue weighted by molar-refractivity contribution is -0.140. The molecule has 0 saturated carbocycles. The number of nitrogens with zero attached hydrogens (tertiary/aromatic N) is 2. The Kier molecular flexibility index (Phi) is 11.7. The first-order valence-corrected chi connectivity index (χ1v) is 14.6. The van der Waals surface area contributed by atoms with E-state index in [0.29, 0.717) is 23.0 Å². The number of anilines is 1. The van der Waals surface area contributed by atoms with E-state index in [1.54, 1.807) is 49.3 Å². The van der Waals surface area contributed by atoms with Crippen LogP contribution in [-0.4, -0.2) is 57.6 Å². The highest BCUT2D eigenvalue weighted by molar-refractivity contribution is 7.92. The summed E-state index contributed by atoms with van der Waals surface area (Å²) >= 11 is 6.11. The number of methoxy groups -OCH3 is 1. The maximum Gasteiger partial charge on any atom is 0.242 e. The van der Waals surface area contributed by atoms with Crippen LogP contribution < -0.4 is 14.4 Å². The molecule has 2 amide bonds. The molecular weight excluding hydrogens is 514 g/mol. The van der Waals surface area contributed by atoms with Crippen LogP contribution in [0.4, 0.5) is 5.69 Å². The number of halogens is 1. The Hall–Kier alpha value is -2.78. The van der Waals surface area contributed by atoms with Gasteiger partial charge in [-0.15, -0.1) is 0 Å². The minimum Gasteiger partial charge on any atom is -0.497 e. The van der Waals surface area contributed by atoms with Gasteiger partial charge in [0, 0.05) is 31.1 Å². The van der Waals surface area contributed by atoms with Gasteiger partial charge in [0.2, 0.25) is 21.8 Å². The Labute approximate surface area is 226 Å². The monoisotopic (exact) mass is 551 g/mol. The van der Waals surface area contributed by atoms with Gasteiger partial charge in [-0.3, -0.25) is 13.9 Å². The third-order valence-corrected chi connectivity index (χ3v) is 7.52. The molecule has 0 aromatic heterocycles. The van der Waals surface area contributed by atoms with Crippen LogP contribution >= 0.6 is 11.6 Å². The fourth-order valence-corrected chi connectivity index (χ4v) is 5.06. The fourth-order valence-electron chi connectivity index (χ4n) is 3.88. The van der Waals surface area contributed by atoms with E-state index in [2.05, 4.69) is 5.32 Å². The molecule has 0 unspecified atom stereocenters. The number of ether oxygens (including phenoxy) is 1. The molecule has 0 aliphatic carbocycles. The van der Waals surface area contributed by atoms with Crippen molar-refractivity contribution in [3.05, 3.63) is 58.6 Å². The van der Waals surface area contributed by atoms with Gasteiger partial charge in [-0.25, -0.2) is 8.42 Å². The van der Waals surface area contributed by atoms with Crippen molar-refractivity contribution in [3.8, 4) is 5.75 Å². The molecule has 0 bridgehead atoms. The van der Waals surface area contributed by atoms with E-state index in [1.807, 2.05) is 26.0 Å². The van der Waals surface area contributed by atoms with Crippen molar-refractivity contribution < 1.29 is 22.7 Å². The molecule has 0 radical (unpaired) electrons. The van der Waals surface area contributed by atoms with E-state index in [-0.39, 0.29) is 37.7 Å². The van der Waals surface area contributed by atoms with E-state index >= 15 is 0 Å². The fraction of sp³-hybridized carbons (Fsp3) is 0.481. The smallest absolute Gasteiger partial charge is 0.242 e. The summed E-state index contributed by atoms with van der Waals surface area (Å²) in [4.78, 5) is 27.7. The zero-order chi connectivity index (χ0) is 27.6. The normalized spacial score (nSPS) is 12.1. The number of benzene rings is 2. The van der Waals surface area contributed by atoms with Crippen molar-refractivity contribution in [1.29, 1.82) is 0 Å². The number of amides is 2. The Morgan fingerprint density at radius 1 is 1.11 bits per heavy atom. The zero-order valence-corrected chi connectivity index (χ0v) is 23.9. The molecule has 0 spiro atoms. The topological polar surface area (TPSA) is 96.0 Å². The van der Waals surface area contributed by atoms with Gasteiger partial charge in [-0.2, -0.15) is 0 Å². The van der Waals surface area contributed by atoms with E-state index in [9.17, 15) is 18.0 Å². The Morgan fingerprint density at radius 3 is 2.38 bits per heavy atom. The van der Waals surface area contributed by atoms with Crippen molar-refractivity contribution in [2.45, 2.75) is 59.0 Å². The third-order valence-electron chi connectivity index (χ3n) is 6.10. The average Bonchev–Trinajstić information content (AvgIpc) is 2.86. The van der Waals surface area contributed by atoms with Crippen LogP contribution in [0.1, 0.15) is 50.7 Å². The predicted molar refractivity (Wildman–Crippen MR) is 149 cm³/mol. The second-order valence-corrected chi connectivity index (χ2v) is 11.4. The van der Waals surface area contributed by atoms with Crippen molar-refractivity contribution >= 4 is 39.1 Å². The molecule has 1 atom stereocenters. The third kappa shape index (κ3) is 9.23. The summed E-state index contributed by atoms with van der Waals surface area (Å²) in [5.74, 6) is 0.247. The molecule has 37 heavy (non-hydrogen) atoms. The molecule has 0 saturated heterocycles. The van der Waals surface area contributed by atoms with Gasteiger partial charge in [-0.05, 0) is 62.1 Å². The zero-order valence-electron chi connectivity index (χ0n) is 22.3. The molecule has 0 aliphatic heterocycles. The van der Waals surface area contributed by atoms with Crippen LogP contribution in [0.15, 0.2) is 42.5 Å². The lowest BCUT2D eigenvalue weighted by Gasteiger charge is -2.29. The summed E-state index contributed by atoms with van der Waals surface area (Å²) in [6.45, 7) is 6.46. The number of aryl methyl sites for hydroxylation is 1. The lowest BCUT2D eigenvalue weighted by Crippen LogP contribution is -2.48. The molecule has 8 nitrogen and oxygen atoms in total. The molecule has 1 N–H and O–H groups in total.